The molecule has 0 saturated heterocycles. The van der Waals surface area contributed by atoms with Crippen molar-refractivity contribution in [3.8, 4) is 11.4 Å². The second kappa shape index (κ2) is 4.26. The third-order valence-electron chi connectivity index (χ3n) is 4.07. The van der Waals surface area contributed by atoms with Crippen LogP contribution in [0.1, 0.15) is 0 Å². The first-order chi connectivity index (χ1) is 11.3. The largest absolute Gasteiger partial charge is 0.307 e. The van der Waals surface area contributed by atoms with Gasteiger partial charge in [0.2, 0.25) is 5.82 Å². The zero-order valence-electron chi connectivity index (χ0n) is 11.8. The van der Waals surface area contributed by atoms with E-state index in [0.29, 0.717) is 16.9 Å². The van der Waals surface area contributed by atoms with Crippen LogP contribution in [0.15, 0.2) is 53.3 Å². The van der Waals surface area contributed by atoms with Gasteiger partial charge >= 0.3 is 0 Å². The molecule has 0 unspecified atom stereocenters. The van der Waals surface area contributed by atoms with Gasteiger partial charge in [0.25, 0.3) is 5.56 Å². The Morgan fingerprint density at radius 1 is 0.913 bits per heavy atom. The quantitative estimate of drug-likeness (QED) is 0.496. The number of hydrogen-bond acceptors (Lipinski definition) is 4. The van der Waals surface area contributed by atoms with Gasteiger partial charge < -0.3 is 4.98 Å². The van der Waals surface area contributed by atoms with Crippen LogP contribution in [-0.2, 0) is 0 Å². The van der Waals surface area contributed by atoms with Gasteiger partial charge in [0.05, 0.1) is 22.0 Å². The highest BCUT2D eigenvalue weighted by atomic mass is 16.1. The van der Waals surface area contributed by atoms with Gasteiger partial charge in [-0.25, -0.2) is 0 Å². The first-order valence-electron chi connectivity index (χ1n) is 7.12. The van der Waals surface area contributed by atoms with Crippen molar-refractivity contribution in [2.75, 3.05) is 0 Å². The normalized spacial score (nSPS) is 11.7. The van der Waals surface area contributed by atoms with E-state index in [1.165, 1.54) is 0 Å². The highest BCUT2D eigenvalue weighted by Crippen LogP contribution is 2.33. The van der Waals surface area contributed by atoms with E-state index in [0.717, 1.165) is 22.0 Å². The molecular weight excluding hydrogens is 292 g/mol. The average molecular weight is 302 g/mol. The lowest BCUT2D eigenvalue weighted by atomic mass is 10.1. The number of aromatic nitrogens is 6. The molecule has 2 N–H and O–H groups in total. The van der Waals surface area contributed by atoms with Gasteiger partial charge in [-0.05, 0) is 23.4 Å². The van der Waals surface area contributed by atoms with Crippen LogP contribution in [0.5, 0.6) is 0 Å². The lowest BCUT2D eigenvalue weighted by Crippen LogP contribution is -2.09. The number of aromatic amines is 2. The van der Waals surface area contributed by atoms with Crippen molar-refractivity contribution in [1.29, 1.82) is 0 Å². The summed E-state index contributed by atoms with van der Waals surface area (Å²) in [5.41, 5.74) is 3.11. The number of tetrazole rings is 1. The maximum atomic E-state index is 12.5. The smallest absolute Gasteiger partial charge is 0.258 e. The maximum Gasteiger partial charge on any atom is 0.258 e. The SMILES string of the molecule is O=c1[nH]c2c(-c3nn[nH]n3)c3ccccc3n2c2ccccc12. The number of para-hydroxylation sites is 2. The molecule has 0 bridgehead atoms. The van der Waals surface area contributed by atoms with Gasteiger partial charge in [-0.3, -0.25) is 9.20 Å². The molecule has 5 aromatic rings. The number of H-pyrrole nitrogens is 2. The van der Waals surface area contributed by atoms with Crippen LogP contribution in [0.2, 0.25) is 0 Å². The number of nitrogens with one attached hydrogen (secondary N) is 2. The Kier molecular flexibility index (Phi) is 2.24. The van der Waals surface area contributed by atoms with E-state index in [1.807, 2.05) is 52.9 Å². The standard InChI is InChI=1S/C16H10N6O/c23-16-10-6-2-4-8-12(10)22-11-7-3-1-5-9(11)13(15(22)17-16)14-18-20-21-19-14/h1-8H,(H,17,23)(H,18,19,20,21). The summed E-state index contributed by atoms with van der Waals surface area (Å²) in [5.74, 6) is 0.453. The van der Waals surface area contributed by atoms with Crippen LogP contribution in [-0.4, -0.2) is 30.0 Å². The van der Waals surface area contributed by atoms with E-state index in [2.05, 4.69) is 25.6 Å². The highest BCUT2D eigenvalue weighted by Gasteiger charge is 2.19. The predicted octanol–water partition coefficient (Wildman–Crippen LogP) is 2.11. The van der Waals surface area contributed by atoms with E-state index >= 15 is 0 Å². The van der Waals surface area contributed by atoms with E-state index in [-0.39, 0.29) is 5.56 Å². The fraction of sp³-hybridized carbons (Fsp3) is 0. The summed E-state index contributed by atoms with van der Waals surface area (Å²) in [5, 5.41) is 15.9. The lowest BCUT2D eigenvalue weighted by molar-refractivity contribution is 0.881. The molecule has 0 aliphatic heterocycles. The van der Waals surface area contributed by atoms with Crippen molar-refractivity contribution in [3.63, 3.8) is 0 Å². The molecule has 0 spiro atoms. The fourth-order valence-corrected chi connectivity index (χ4v) is 3.14. The molecule has 2 aromatic carbocycles. The minimum absolute atomic E-state index is 0.138. The summed E-state index contributed by atoms with van der Waals surface area (Å²) >= 11 is 0. The Morgan fingerprint density at radius 2 is 1.61 bits per heavy atom. The Hall–Kier alpha value is -3.48. The fourth-order valence-electron chi connectivity index (χ4n) is 3.14. The van der Waals surface area contributed by atoms with Crippen LogP contribution in [0.4, 0.5) is 0 Å². The molecule has 3 heterocycles. The number of rotatable bonds is 1. The summed E-state index contributed by atoms with van der Waals surface area (Å²) < 4.78 is 2.03. The number of benzene rings is 2. The summed E-state index contributed by atoms with van der Waals surface area (Å²) in [6.45, 7) is 0. The van der Waals surface area contributed by atoms with E-state index in [9.17, 15) is 4.79 Å². The molecule has 110 valence electrons. The predicted molar refractivity (Wildman–Crippen MR) is 86.2 cm³/mol. The maximum absolute atomic E-state index is 12.5. The Morgan fingerprint density at radius 3 is 2.35 bits per heavy atom. The third-order valence-corrected chi connectivity index (χ3v) is 4.07. The molecule has 7 heteroatoms. The van der Waals surface area contributed by atoms with Crippen LogP contribution in [0, 0.1) is 0 Å². The van der Waals surface area contributed by atoms with E-state index in [1.54, 1.807) is 0 Å². The Labute approximate surface area is 128 Å². The molecule has 0 saturated carbocycles. The third kappa shape index (κ3) is 1.53. The van der Waals surface area contributed by atoms with Crippen LogP contribution < -0.4 is 5.56 Å². The van der Waals surface area contributed by atoms with Crippen LogP contribution >= 0.6 is 0 Å². The molecule has 7 nitrogen and oxygen atoms in total. The topological polar surface area (TPSA) is 91.7 Å². The van der Waals surface area contributed by atoms with E-state index < -0.39 is 0 Å². The van der Waals surface area contributed by atoms with Gasteiger partial charge in [0.1, 0.15) is 5.65 Å². The molecule has 0 fully saturated rings. The van der Waals surface area contributed by atoms with Crippen molar-refractivity contribution in [1.82, 2.24) is 30.0 Å². The number of fused-ring (bicyclic) bond motifs is 5. The minimum Gasteiger partial charge on any atom is -0.307 e. The average Bonchev–Trinajstić information content (AvgIpc) is 3.20. The molecule has 0 aliphatic carbocycles. The zero-order chi connectivity index (χ0) is 15.4. The van der Waals surface area contributed by atoms with Crippen molar-refractivity contribution in [2.45, 2.75) is 0 Å². The summed E-state index contributed by atoms with van der Waals surface area (Å²) in [6, 6.07) is 15.4. The molecule has 0 aliphatic rings. The Balaban J connectivity index is 2.15. The highest BCUT2D eigenvalue weighted by molar-refractivity contribution is 6.05. The van der Waals surface area contributed by atoms with E-state index in [4.69, 9.17) is 0 Å². The Bertz CT molecular complexity index is 1230. The number of nitrogens with zero attached hydrogens (tertiary/aromatic N) is 4. The van der Waals surface area contributed by atoms with Crippen molar-refractivity contribution in [3.05, 3.63) is 58.9 Å². The summed E-state index contributed by atoms with van der Waals surface area (Å²) in [7, 11) is 0. The molecule has 23 heavy (non-hydrogen) atoms. The minimum atomic E-state index is -0.138. The zero-order valence-corrected chi connectivity index (χ0v) is 11.8. The summed E-state index contributed by atoms with van der Waals surface area (Å²) in [4.78, 5) is 15.4. The molecule has 0 atom stereocenters. The second-order valence-electron chi connectivity index (χ2n) is 5.28. The van der Waals surface area contributed by atoms with Crippen LogP contribution in [0.25, 0.3) is 38.8 Å². The van der Waals surface area contributed by atoms with Crippen LogP contribution in [0.3, 0.4) is 0 Å². The van der Waals surface area contributed by atoms with Gasteiger partial charge in [0, 0.05) is 5.39 Å². The van der Waals surface area contributed by atoms with Crippen molar-refractivity contribution >= 4 is 27.5 Å². The van der Waals surface area contributed by atoms with Gasteiger partial charge in [0.15, 0.2) is 0 Å². The first-order valence-corrected chi connectivity index (χ1v) is 7.12. The van der Waals surface area contributed by atoms with Crippen molar-refractivity contribution in [2.24, 2.45) is 0 Å². The summed E-state index contributed by atoms with van der Waals surface area (Å²) in [6.07, 6.45) is 0. The van der Waals surface area contributed by atoms with Gasteiger partial charge in [-0.1, -0.05) is 30.3 Å². The second-order valence-corrected chi connectivity index (χ2v) is 5.28. The number of hydrogen-bond donors (Lipinski definition) is 2. The van der Waals surface area contributed by atoms with Gasteiger partial charge in [-0.15, -0.1) is 10.2 Å². The lowest BCUT2D eigenvalue weighted by Gasteiger charge is -2.03. The molecule has 0 radical (unpaired) electrons. The molecule has 3 aromatic heterocycles. The van der Waals surface area contributed by atoms with Crippen molar-refractivity contribution < 1.29 is 0 Å². The monoisotopic (exact) mass is 302 g/mol. The molecule has 5 rings (SSSR count). The molecule has 0 amide bonds. The molecular formula is C16H10N6O. The van der Waals surface area contributed by atoms with Gasteiger partial charge in [-0.2, -0.15) is 5.21 Å². The first kappa shape index (κ1) is 12.1.